The summed E-state index contributed by atoms with van der Waals surface area (Å²) < 4.78 is 29.3. The van der Waals surface area contributed by atoms with Crippen LogP contribution in [0, 0.1) is 5.92 Å². The summed E-state index contributed by atoms with van der Waals surface area (Å²) in [5.74, 6) is -1.97. The average molecular weight is 590 g/mol. The summed E-state index contributed by atoms with van der Waals surface area (Å²) in [6.45, 7) is 0.529. The largest absolute Gasteiger partial charge is 0.465 e. The van der Waals surface area contributed by atoms with Crippen LogP contribution in [0.25, 0.3) is 10.8 Å². The summed E-state index contributed by atoms with van der Waals surface area (Å²) in [5.41, 5.74) is 2.16. The maximum absolute atomic E-state index is 13.7. The maximum atomic E-state index is 13.7. The lowest BCUT2D eigenvalue weighted by molar-refractivity contribution is -0.142. The molecule has 1 aliphatic carbocycles. The molecule has 0 radical (unpaired) electrons. The first-order valence-electron chi connectivity index (χ1n) is 13.5. The van der Waals surface area contributed by atoms with Gasteiger partial charge in [0.05, 0.1) is 18.4 Å². The number of carbonyl (C=O) groups excluding carboxylic acids is 3. The molecule has 2 aliphatic rings. The molecule has 2 aromatic carbocycles. The van der Waals surface area contributed by atoms with E-state index >= 15 is 0 Å². The Morgan fingerprint density at radius 3 is 2.49 bits per heavy atom. The summed E-state index contributed by atoms with van der Waals surface area (Å²) in [7, 11) is -2.99. The van der Waals surface area contributed by atoms with Crippen molar-refractivity contribution in [1.29, 1.82) is 0 Å². The number of amides is 4. The molecule has 13 nitrogen and oxygen atoms in total. The molecule has 222 valence electrons. The Morgan fingerprint density at radius 1 is 1.07 bits per heavy atom. The van der Waals surface area contributed by atoms with Gasteiger partial charge in [0.1, 0.15) is 12.6 Å². The highest BCUT2D eigenvalue weighted by Crippen LogP contribution is 2.28. The van der Waals surface area contributed by atoms with Gasteiger partial charge in [-0.2, -0.15) is 4.72 Å². The Hall–Kier alpha value is -3.75. The fourth-order valence-electron chi connectivity index (χ4n) is 4.96. The summed E-state index contributed by atoms with van der Waals surface area (Å²) in [4.78, 5) is 57.3. The lowest BCUT2D eigenvalue weighted by Gasteiger charge is -2.31. The topological polar surface area (TPSA) is 174 Å². The van der Waals surface area contributed by atoms with Crippen LogP contribution in [0.1, 0.15) is 32.1 Å². The van der Waals surface area contributed by atoms with Gasteiger partial charge in [-0.1, -0.05) is 30.3 Å². The van der Waals surface area contributed by atoms with Gasteiger partial charge in [0.2, 0.25) is 21.8 Å². The zero-order chi connectivity index (χ0) is 29.6. The first kappa shape index (κ1) is 30.2. The number of carbonyl (C=O) groups is 4. The molecule has 1 aliphatic heterocycles. The predicted octanol–water partition coefficient (Wildman–Crippen LogP) is 1.05. The van der Waals surface area contributed by atoms with Gasteiger partial charge in [-0.05, 0) is 54.5 Å². The smallest absolute Gasteiger partial charge is 0.407 e. The number of rotatable bonds is 12. The predicted molar refractivity (Wildman–Crippen MR) is 148 cm³/mol. The van der Waals surface area contributed by atoms with E-state index in [0.717, 1.165) is 11.8 Å². The van der Waals surface area contributed by atoms with Crippen molar-refractivity contribution < 1.29 is 37.5 Å². The second kappa shape index (κ2) is 13.3. The van der Waals surface area contributed by atoms with E-state index < -0.39 is 46.3 Å². The Balaban J connectivity index is 1.51. The molecule has 2 atom stereocenters. The lowest BCUT2D eigenvalue weighted by Crippen LogP contribution is -2.53. The average Bonchev–Trinajstić information content (AvgIpc) is 3.79. The number of fused-ring (bicyclic) bond motifs is 1. The van der Waals surface area contributed by atoms with Crippen LogP contribution in [-0.2, 0) is 29.2 Å². The third kappa shape index (κ3) is 8.15. The zero-order valence-electron chi connectivity index (χ0n) is 22.7. The number of nitrogens with zero attached hydrogens (tertiary/aromatic N) is 2. The zero-order valence-corrected chi connectivity index (χ0v) is 23.6. The number of likely N-dealkylation sites (tertiary alicyclic amines) is 1. The van der Waals surface area contributed by atoms with Crippen LogP contribution in [0.4, 0.5) is 4.79 Å². The molecular formula is C27H35N5O8S. The van der Waals surface area contributed by atoms with Crippen LogP contribution in [0.5, 0.6) is 0 Å². The van der Waals surface area contributed by atoms with Crippen LogP contribution >= 0.6 is 0 Å². The van der Waals surface area contributed by atoms with Gasteiger partial charge in [0, 0.05) is 25.7 Å². The molecule has 0 unspecified atom stereocenters. The highest BCUT2D eigenvalue weighted by molar-refractivity contribution is 7.89. The van der Waals surface area contributed by atoms with E-state index in [1.54, 1.807) is 18.2 Å². The molecule has 4 amide bonds. The minimum absolute atomic E-state index is 0.0690. The first-order valence-corrected chi connectivity index (χ1v) is 14.9. The second-order valence-corrected chi connectivity index (χ2v) is 12.1. The van der Waals surface area contributed by atoms with E-state index in [9.17, 15) is 32.7 Å². The minimum atomic E-state index is -4.25. The third-order valence-electron chi connectivity index (χ3n) is 7.19. The van der Waals surface area contributed by atoms with Crippen molar-refractivity contribution in [3.8, 4) is 0 Å². The van der Waals surface area contributed by atoms with Crippen molar-refractivity contribution in [1.82, 2.24) is 25.3 Å². The van der Waals surface area contributed by atoms with Crippen molar-refractivity contribution in [2.24, 2.45) is 5.92 Å². The van der Waals surface area contributed by atoms with Crippen LogP contribution in [0.15, 0.2) is 47.4 Å². The SMILES string of the molecule is CONC(=O)CN(C(=O)[C@H](CC(=O)NC[C@@H]1CCCN(C(=O)O)C1)NS(=O)(=O)c1ccc2ccccc2c1)C1CC1. The van der Waals surface area contributed by atoms with Gasteiger partial charge in [-0.25, -0.2) is 18.7 Å². The third-order valence-corrected chi connectivity index (χ3v) is 8.66. The first-order chi connectivity index (χ1) is 19.6. The summed E-state index contributed by atoms with van der Waals surface area (Å²) >= 11 is 0. The molecule has 2 fully saturated rings. The van der Waals surface area contributed by atoms with Gasteiger partial charge in [-0.3, -0.25) is 19.2 Å². The Kier molecular flexibility index (Phi) is 9.78. The quantitative estimate of drug-likeness (QED) is 0.266. The molecule has 4 rings (SSSR count). The standard InChI is InChI=1S/C27H35N5O8S/c1-40-29-25(34)17-32(21-9-10-21)26(35)23(14-24(33)28-15-18-5-4-12-31(16-18)27(36)37)30-41(38,39)22-11-8-19-6-2-3-7-20(19)13-22/h2-3,6-8,11,13,18,21,23,30H,4-5,9-10,12,14-17H2,1H3,(H,28,33)(H,29,34)(H,36,37)/t18-,23-/m0/s1. The van der Waals surface area contributed by atoms with Gasteiger partial charge in [0.25, 0.3) is 5.91 Å². The van der Waals surface area contributed by atoms with Crippen LogP contribution in [0.2, 0.25) is 0 Å². The molecular weight excluding hydrogens is 554 g/mol. The van der Waals surface area contributed by atoms with Crippen molar-refractivity contribution in [2.45, 2.75) is 49.1 Å². The highest BCUT2D eigenvalue weighted by Gasteiger charge is 2.39. The van der Waals surface area contributed by atoms with Gasteiger partial charge in [0.15, 0.2) is 0 Å². The molecule has 2 aromatic rings. The number of hydrogen-bond donors (Lipinski definition) is 4. The lowest BCUT2D eigenvalue weighted by atomic mass is 9.98. The Bertz CT molecular complexity index is 1400. The van der Waals surface area contributed by atoms with E-state index in [1.807, 2.05) is 12.1 Å². The number of benzene rings is 2. The minimum Gasteiger partial charge on any atom is -0.465 e. The summed E-state index contributed by atoms with van der Waals surface area (Å²) in [6.07, 6.45) is 1.15. The van der Waals surface area contributed by atoms with Gasteiger partial charge < -0.3 is 20.2 Å². The molecule has 41 heavy (non-hydrogen) atoms. The molecule has 4 N–H and O–H groups in total. The molecule has 0 spiro atoms. The Labute approximate surface area is 238 Å². The van der Waals surface area contributed by atoms with Crippen LogP contribution in [0.3, 0.4) is 0 Å². The van der Waals surface area contributed by atoms with Crippen LogP contribution < -0.4 is 15.5 Å². The summed E-state index contributed by atoms with van der Waals surface area (Å²) in [6, 6.07) is 10.1. The fourth-order valence-corrected chi connectivity index (χ4v) is 6.19. The van der Waals surface area contributed by atoms with E-state index in [2.05, 4.69) is 20.4 Å². The summed E-state index contributed by atoms with van der Waals surface area (Å²) in [5, 5.41) is 13.5. The fraction of sp³-hybridized carbons (Fsp3) is 0.481. The normalized spacial score (nSPS) is 18.0. The van der Waals surface area contributed by atoms with Crippen LogP contribution in [-0.4, -0.2) is 92.5 Å². The van der Waals surface area contributed by atoms with Crippen molar-refractivity contribution in [3.05, 3.63) is 42.5 Å². The molecule has 1 heterocycles. The molecule has 1 saturated heterocycles. The van der Waals surface area contributed by atoms with E-state index in [1.165, 1.54) is 29.0 Å². The maximum Gasteiger partial charge on any atom is 0.407 e. The Morgan fingerprint density at radius 2 is 1.80 bits per heavy atom. The number of hydrogen-bond acceptors (Lipinski definition) is 7. The number of nitrogens with one attached hydrogen (secondary N) is 3. The molecule has 1 saturated carbocycles. The van der Waals surface area contributed by atoms with E-state index in [-0.39, 0.29) is 36.5 Å². The number of hydroxylamine groups is 1. The molecule has 14 heteroatoms. The monoisotopic (exact) mass is 589 g/mol. The van der Waals surface area contributed by atoms with Crippen molar-refractivity contribution in [2.75, 3.05) is 33.3 Å². The molecule has 0 aromatic heterocycles. The molecule has 0 bridgehead atoms. The van der Waals surface area contributed by atoms with Crippen molar-refractivity contribution in [3.63, 3.8) is 0 Å². The van der Waals surface area contributed by atoms with Gasteiger partial charge in [-0.15, -0.1) is 0 Å². The highest BCUT2D eigenvalue weighted by atomic mass is 32.2. The van der Waals surface area contributed by atoms with Crippen molar-refractivity contribution >= 4 is 44.6 Å². The number of carboxylic acid groups (broad SMARTS) is 1. The van der Waals surface area contributed by atoms with E-state index in [4.69, 9.17) is 0 Å². The van der Waals surface area contributed by atoms with Gasteiger partial charge >= 0.3 is 6.09 Å². The second-order valence-electron chi connectivity index (χ2n) is 10.4. The number of piperidine rings is 1. The van der Waals surface area contributed by atoms with E-state index in [0.29, 0.717) is 31.2 Å². The number of sulfonamides is 1.